The molecule has 1 aliphatic rings. The number of hydrogen-bond acceptors (Lipinski definition) is 5. The molecule has 1 aliphatic carbocycles. The van der Waals surface area contributed by atoms with Gasteiger partial charge in [-0.25, -0.2) is 18.7 Å². The van der Waals surface area contributed by atoms with Gasteiger partial charge in [-0.05, 0) is 51.9 Å². The number of rotatable bonds is 4. The van der Waals surface area contributed by atoms with Gasteiger partial charge in [-0.2, -0.15) is 4.52 Å². The maximum atomic E-state index is 14.3. The fourth-order valence-corrected chi connectivity index (χ4v) is 3.87. The quantitative estimate of drug-likeness (QED) is 0.709. The van der Waals surface area contributed by atoms with Gasteiger partial charge in [-0.1, -0.05) is 17.7 Å². The Balaban J connectivity index is 1.70. The molecule has 3 aromatic rings. The van der Waals surface area contributed by atoms with E-state index in [0.29, 0.717) is 17.5 Å². The molecule has 1 fully saturated rings. The molecule has 0 aliphatic heterocycles. The number of halogens is 3. The molecule has 2 heterocycles. The smallest absolute Gasteiger partial charge is 0.198 e. The molecule has 9 heteroatoms. The molecule has 0 atom stereocenters. The topological polar surface area (TPSA) is 58.3 Å². The van der Waals surface area contributed by atoms with Crippen molar-refractivity contribution in [2.24, 2.45) is 0 Å². The molecule has 6 nitrogen and oxygen atoms in total. The molecule has 4 rings (SSSR count). The highest BCUT2D eigenvalue weighted by Gasteiger charge is 2.25. The lowest BCUT2D eigenvalue weighted by atomic mass is 9.90. The van der Waals surface area contributed by atoms with Crippen molar-refractivity contribution in [3.63, 3.8) is 0 Å². The highest BCUT2D eigenvalue weighted by atomic mass is 35.5. The molecule has 1 N–H and O–H groups in total. The molecule has 0 radical (unpaired) electrons. The van der Waals surface area contributed by atoms with E-state index in [0.717, 1.165) is 25.7 Å². The van der Waals surface area contributed by atoms with Crippen LogP contribution in [0, 0.1) is 11.6 Å². The highest BCUT2D eigenvalue weighted by Crippen LogP contribution is 2.29. The van der Waals surface area contributed by atoms with Crippen LogP contribution in [0.5, 0.6) is 0 Å². The molecule has 148 valence electrons. The summed E-state index contributed by atoms with van der Waals surface area (Å²) in [5.41, 5.74) is 0.147. The zero-order valence-corrected chi connectivity index (χ0v) is 16.4. The van der Waals surface area contributed by atoms with Crippen LogP contribution in [0.25, 0.3) is 17.0 Å². The van der Waals surface area contributed by atoms with Gasteiger partial charge in [-0.3, -0.25) is 0 Å². The molecule has 1 aromatic carbocycles. The number of hydrogen-bond donors (Lipinski definition) is 1. The summed E-state index contributed by atoms with van der Waals surface area (Å²) in [7, 11) is 4.18. The number of nitrogens with zero attached hydrogens (tertiary/aromatic N) is 5. The first kappa shape index (κ1) is 19.0. The Labute approximate surface area is 166 Å². The zero-order valence-electron chi connectivity index (χ0n) is 15.7. The van der Waals surface area contributed by atoms with Crippen molar-refractivity contribution in [2.45, 2.75) is 37.8 Å². The molecular weight excluding hydrogens is 386 g/mol. The molecule has 0 unspecified atom stereocenters. The summed E-state index contributed by atoms with van der Waals surface area (Å²) < 4.78 is 29.9. The summed E-state index contributed by atoms with van der Waals surface area (Å²) in [6.07, 6.45) is 5.51. The molecule has 0 bridgehead atoms. The van der Waals surface area contributed by atoms with Gasteiger partial charge in [0.1, 0.15) is 11.6 Å². The van der Waals surface area contributed by atoms with E-state index >= 15 is 0 Å². The van der Waals surface area contributed by atoms with Crippen molar-refractivity contribution in [2.75, 3.05) is 19.4 Å². The maximum absolute atomic E-state index is 14.3. The van der Waals surface area contributed by atoms with Crippen LogP contribution >= 0.6 is 11.6 Å². The Morgan fingerprint density at radius 1 is 1.14 bits per heavy atom. The van der Waals surface area contributed by atoms with E-state index in [2.05, 4.69) is 39.4 Å². The Hall–Kier alpha value is -2.32. The summed E-state index contributed by atoms with van der Waals surface area (Å²) in [4.78, 5) is 10.9. The van der Waals surface area contributed by atoms with Crippen LogP contribution in [0.4, 0.5) is 14.6 Å². The number of aromatic nitrogens is 4. The Morgan fingerprint density at radius 3 is 2.46 bits per heavy atom. The van der Waals surface area contributed by atoms with Gasteiger partial charge >= 0.3 is 0 Å². The lowest BCUT2D eigenvalue weighted by molar-refractivity contribution is 0.221. The van der Waals surface area contributed by atoms with E-state index in [1.54, 1.807) is 0 Å². The van der Waals surface area contributed by atoms with Crippen LogP contribution in [0.3, 0.4) is 0 Å². The number of benzene rings is 1. The fourth-order valence-electron chi connectivity index (χ4n) is 3.70. The van der Waals surface area contributed by atoms with Crippen molar-refractivity contribution in [1.29, 1.82) is 0 Å². The van der Waals surface area contributed by atoms with Crippen molar-refractivity contribution in [3.8, 4) is 11.4 Å². The summed E-state index contributed by atoms with van der Waals surface area (Å²) in [5.74, 6) is -1.11. The van der Waals surface area contributed by atoms with Gasteiger partial charge in [0.15, 0.2) is 22.4 Å². The monoisotopic (exact) mass is 406 g/mol. The highest BCUT2D eigenvalue weighted by molar-refractivity contribution is 6.29. The summed E-state index contributed by atoms with van der Waals surface area (Å²) in [6, 6.07) is 4.42. The second-order valence-corrected chi connectivity index (χ2v) is 7.70. The van der Waals surface area contributed by atoms with E-state index in [4.69, 9.17) is 11.6 Å². The first-order valence-corrected chi connectivity index (χ1v) is 9.60. The first-order valence-electron chi connectivity index (χ1n) is 9.22. The number of imidazole rings is 1. The lowest BCUT2D eigenvalue weighted by Crippen LogP contribution is -2.36. The summed E-state index contributed by atoms with van der Waals surface area (Å²) >= 11 is 6.17. The minimum Gasteiger partial charge on any atom is -0.364 e. The van der Waals surface area contributed by atoms with Crippen LogP contribution in [0.15, 0.2) is 24.4 Å². The molecule has 1 saturated carbocycles. The molecule has 0 spiro atoms. The van der Waals surface area contributed by atoms with Gasteiger partial charge in [0.25, 0.3) is 0 Å². The Bertz CT molecular complexity index is 977. The third-order valence-electron chi connectivity index (χ3n) is 5.27. The van der Waals surface area contributed by atoms with Crippen molar-refractivity contribution >= 4 is 23.1 Å². The first-order chi connectivity index (χ1) is 13.4. The summed E-state index contributed by atoms with van der Waals surface area (Å²) in [5, 5.41) is 7.83. The lowest BCUT2D eigenvalue weighted by Gasteiger charge is -2.33. The Kier molecular flexibility index (Phi) is 5.16. The van der Waals surface area contributed by atoms with Gasteiger partial charge in [-0.15, -0.1) is 5.10 Å². The van der Waals surface area contributed by atoms with Crippen LogP contribution < -0.4 is 5.32 Å². The second-order valence-electron chi connectivity index (χ2n) is 7.31. The maximum Gasteiger partial charge on any atom is 0.198 e. The van der Waals surface area contributed by atoms with Gasteiger partial charge in [0.2, 0.25) is 0 Å². The second kappa shape index (κ2) is 7.60. The van der Waals surface area contributed by atoms with Crippen LogP contribution in [-0.2, 0) is 0 Å². The molecule has 0 amide bonds. The number of nitrogens with one attached hydrogen (secondary N) is 1. The number of fused-ring (bicyclic) bond motifs is 1. The van der Waals surface area contributed by atoms with Crippen LogP contribution in [-0.4, -0.2) is 50.7 Å². The third-order valence-corrected chi connectivity index (χ3v) is 5.53. The van der Waals surface area contributed by atoms with Crippen molar-refractivity contribution in [3.05, 3.63) is 41.2 Å². The van der Waals surface area contributed by atoms with Gasteiger partial charge < -0.3 is 10.2 Å². The standard InChI is InChI=1S/C19H21ClF2N6/c1-27(2)12-8-6-11(7-9-12)24-18-19-23-10-15(20)28(19)26-17(25-18)16-13(21)4-3-5-14(16)22/h3-5,10-12H,6-9H2,1-2H3,(H,24,25,26). The zero-order chi connectivity index (χ0) is 19.8. The molecule has 2 aromatic heterocycles. The average molecular weight is 407 g/mol. The van der Waals surface area contributed by atoms with E-state index in [1.165, 1.54) is 28.9 Å². The predicted octanol–water partition coefficient (Wildman–Crippen LogP) is 4.01. The molecule has 0 saturated heterocycles. The molecular formula is C19H21ClF2N6. The Morgan fingerprint density at radius 2 is 1.82 bits per heavy atom. The summed E-state index contributed by atoms with van der Waals surface area (Å²) in [6.45, 7) is 0. The van der Waals surface area contributed by atoms with E-state index in [9.17, 15) is 8.78 Å². The average Bonchev–Trinajstić information content (AvgIpc) is 3.03. The van der Waals surface area contributed by atoms with E-state index in [-0.39, 0.29) is 22.6 Å². The van der Waals surface area contributed by atoms with E-state index < -0.39 is 11.6 Å². The predicted molar refractivity (Wildman–Crippen MR) is 104 cm³/mol. The fraction of sp³-hybridized carbons (Fsp3) is 0.421. The van der Waals surface area contributed by atoms with Gasteiger partial charge in [0, 0.05) is 12.1 Å². The number of anilines is 1. The van der Waals surface area contributed by atoms with Crippen molar-refractivity contribution < 1.29 is 8.78 Å². The van der Waals surface area contributed by atoms with Crippen LogP contribution in [0.2, 0.25) is 5.15 Å². The van der Waals surface area contributed by atoms with Crippen LogP contribution in [0.1, 0.15) is 25.7 Å². The van der Waals surface area contributed by atoms with Gasteiger partial charge in [0.05, 0.1) is 11.8 Å². The normalized spacial score (nSPS) is 20.1. The van der Waals surface area contributed by atoms with Crippen molar-refractivity contribution in [1.82, 2.24) is 24.5 Å². The minimum atomic E-state index is -0.729. The SMILES string of the molecule is CN(C)C1CCC(Nc2nc(-c3c(F)cccc3F)nn3c(Cl)cnc23)CC1. The third kappa shape index (κ3) is 3.54. The van der Waals surface area contributed by atoms with E-state index in [1.807, 2.05) is 0 Å². The molecule has 28 heavy (non-hydrogen) atoms. The largest absolute Gasteiger partial charge is 0.364 e. The minimum absolute atomic E-state index is 0.0764.